The van der Waals surface area contributed by atoms with Crippen LogP contribution in [0, 0.1) is 5.82 Å². The molecule has 2 N–H and O–H groups in total. The van der Waals surface area contributed by atoms with Crippen molar-refractivity contribution < 1.29 is 4.39 Å². The third-order valence-electron chi connectivity index (χ3n) is 2.21. The summed E-state index contributed by atoms with van der Waals surface area (Å²) in [7, 11) is 0. The van der Waals surface area contributed by atoms with Crippen LogP contribution in [0.2, 0.25) is 0 Å². The van der Waals surface area contributed by atoms with Gasteiger partial charge < -0.3 is 5.73 Å². The molecule has 0 amide bonds. The zero-order valence-electron chi connectivity index (χ0n) is 8.19. The fraction of sp³-hybridized carbons (Fsp3) is 0.0909. The fourth-order valence-electron chi connectivity index (χ4n) is 1.35. The molecule has 0 saturated carbocycles. The summed E-state index contributed by atoms with van der Waals surface area (Å²) in [4.78, 5) is 0. The van der Waals surface area contributed by atoms with Gasteiger partial charge in [0.2, 0.25) is 0 Å². The highest BCUT2D eigenvalue weighted by molar-refractivity contribution is 9.10. The molecule has 1 atom stereocenters. The van der Waals surface area contributed by atoms with Crippen molar-refractivity contribution in [3.8, 4) is 0 Å². The summed E-state index contributed by atoms with van der Waals surface area (Å²) in [6.07, 6.45) is 0. The van der Waals surface area contributed by atoms with Crippen molar-refractivity contribution in [2.45, 2.75) is 6.04 Å². The number of rotatable bonds is 2. The van der Waals surface area contributed by atoms with E-state index in [2.05, 4.69) is 15.9 Å². The largest absolute Gasteiger partial charge is 0.320 e. The van der Waals surface area contributed by atoms with Gasteiger partial charge in [0.05, 0.1) is 10.5 Å². The highest BCUT2D eigenvalue weighted by atomic mass is 79.9. The van der Waals surface area contributed by atoms with Gasteiger partial charge in [-0.15, -0.1) is 12.4 Å². The molecule has 2 rings (SSSR count). The Hall–Kier alpha value is -0.420. The van der Waals surface area contributed by atoms with E-state index < -0.39 is 0 Å². The number of hydrogen-bond acceptors (Lipinski definition) is 2. The van der Waals surface area contributed by atoms with Crippen molar-refractivity contribution in [2.75, 3.05) is 0 Å². The molecule has 0 fully saturated rings. The van der Waals surface area contributed by atoms with Gasteiger partial charge in [-0.25, -0.2) is 4.39 Å². The van der Waals surface area contributed by atoms with Gasteiger partial charge >= 0.3 is 0 Å². The van der Waals surface area contributed by atoms with E-state index in [9.17, 15) is 4.39 Å². The Morgan fingerprint density at radius 3 is 2.56 bits per heavy atom. The molecule has 0 aliphatic carbocycles. The minimum absolute atomic E-state index is 0. The summed E-state index contributed by atoms with van der Waals surface area (Å²) < 4.78 is 13.7. The van der Waals surface area contributed by atoms with Gasteiger partial charge in [-0.05, 0) is 56.0 Å². The molecule has 0 spiro atoms. The predicted octanol–water partition coefficient (Wildman–Crippen LogP) is 4.12. The third kappa shape index (κ3) is 2.83. The molecule has 1 nitrogen and oxygen atoms in total. The smallest absolute Gasteiger partial charge is 0.137 e. The lowest BCUT2D eigenvalue weighted by molar-refractivity contribution is 0.617. The first-order valence-corrected chi connectivity index (χ1v) is 6.14. The lowest BCUT2D eigenvalue weighted by Gasteiger charge is -2.10. The van der Waals surface area contributed by atoms with Crippen LogP contribution in [0.1, 0.15) is 17.2 Å². The molecule has 0 radical (unpaired) electrons. The van der Waals surface area contributed by atoms with E-state index in [1.54, 1.807) is 17.4 Å². The van der Waals surface area contributed by atoms with Gasteiger partial charge in [0.15, 0.2) is 0 Å². The molecule has 2 aromatic rings. The van der Waals surface area contributed by atoms with Crippen molar-refractivity contribution in [1.82, 2.24) is 0 Å². The summed E-state index contributed by atoms with van der Waals surface area (Å²) in [6, 6.07) is 6.67. The molecule has 1 aromatic carbocycles. The molecular weight excluding hydrogens is 313 g/mol. The van der Waals surface area contributed by atoms with Crippen molar-refractivity contribution in [3.05, 3.63) is 56.4 Å². The molecule has 0 unspecified atom stereocenters. The Labute approximate surface area is 112 Å². The SMILES string of the molecule is Cl.N[C@@H](c1ccsc1)c1ccc(Br)c(F)c1. The number of benzene rings is 1. The van der Waals surface area contributed by atoms with Crippen molar-refractivity contribution in [2.24, 2.45) is 5.73 Å². The van der Waals surface area contributed by atoms with E-state index in [0.29, 0.717) is 4.47 Å². The molecular formula is C11H10BrClFNS. The Morgan fingerprint density at radius 1 is 1.25 bits per heavy atom. The van der Waals surface area contributed by atoms with E-state index >= 15 is 0 Å². The quantitative estimate of drug-likeness (QED) is 0.884. The highest BCUT2D eigenvalue weighted by Gasteiger charge is 2.10. The average molecular weight is 323 g/mol. The van der Waals surface area contributed by atoms with Crippen LogP contribution in [0.3, 0.4) is 0 Å². The van der Waals surface area contributed by atoms with Crippen LogP contribution in [0.4, 0.5) is 4.39 Å². The third-order valence-corrected chi connectivity index (χ3v) is 3.55. The maximum Gasteiger partial charge on any atom is 0.137 e. The topological polar surface area (TPSA) is 26.0 Å². The second-order valence-electron chi connectivity index (χ2n) is 3.21. The number of halogens is 3. The summed E-state index contributed by atoms with van der Waals surface area (Å²) in [6.45, 7) is 0. The molecule has 5 heteroatoms. The van der Waals surface area contributed by atoms with E-state index in [0.717, 1.165) is 11.1 Å². The number of thiophene rings is 1. The van der Waals surface area contributed by atoms with Crippen molar-refractivity contribution >= 4 is 39.7 Å². The minimum Gasteiger partial charge on any atom is -0.320 e. The predicted molar refractivity (Wildman–Crippen MR) is 71.7 cm³/mol. The lowest BCUT2D eigenvalue weighted by atomic mass is 10.0. The number of hydrogen-bond donors (Lipinski definition) is 1. The molecule has 1 aromatic heterocycles. The Balaban J connectivity index is 0.00000128. The molecule has 16 heavy (non-hydrogen) atoms. The van der Waals surface area contributed by atoms with Crippen LogP contribution in [-0.2, 0) is 0 Å². The van der Waals surface area contributed by atoms with E-state index in [1.807, 2.05) is 22.9 Å². The Kier molecular flexibility index (Phi) is 4.92. The van der Waals surface area contributed by atoms with Crippen LogP contribution in [0.25, 0.3) is 0 Å². The summed E-state index contributed by atoms with van der Waals surface area (Å²) in [5.41, 5.74) is 7.81. The van der Waals surface area contributed by atoms with Gasteiger partial charge in [0.25, 0.3) is 0 Å². The first kappa shape index (κ1) is 13.6. The Morgan fingerprint density at radius 2 is 2.00 bits per heavy atom. The van der Waals surface area contributed by atoms with Gasteiger partial charge in [-0.1, -0.05) is 6.07 Å². The maximum absolute atomic E-state index is 13.3. The zero-order valence-corrected chi connectivity index (χ0v) is 11.4. The van der Waals surface area contributed by atoms with Gasteiger partial charge in [0, 0.05) is 0 Å². The standard InChI is InChI=1S/C11H9BrFNS.ClH/c12-9-2-1-7(5-10(9)13)11(14)8-3-4-15-6-8;/h1-6,11H,14H2;1H/t11-;/m1./s1. The summed E-state index contributed by atoms with van der Waals surface area (Å²) in [5.74, 6) is -0.279. The average Bonchev–Trinajstić information content (AvgIpc) is 2.74. The molecule has 0 bridgehead atoms. The minimum atomic E-state index is -0.279. The lowest BCUT2D eigenvalue weighted by Crippen LogP contribution is -2.10. The molecule has 0 aliphatic rings. The van der Waals surface area contributed by atoms with Crippen LogP contribution in [0.15, 0.2) is 39.5 Å². The molecule has 0 aliphatic heterocycles. The van der Waals surface area contributed by atoms with Gasteiger partial charge in [-0.3, -0.25) is 0 Å². The van der Waals surface area contributed by atoms with Crippen LogP contribution in [0.5, 0.6) is 0 Å². The monoisotopic (exact) mass is 321 g/mol. The normalized spacial score (nSPS) is 11.9. The van der Waals surface area contributed by atoms with E-state index in [1.165, 1.54) is 6.07 Å². The second-order valence-corrected chi connectivity index (χ2v) is 4.84. The fourth-order valence-corrected chi connectivity index (χ4v) is 2.29. The first-order valence-electron chi connectivity index (χ1n) is 4.41. The maximum atomic E-state index is 13.3. The van der Waals surface area contributed by atoms with E-state index in [4.69, 9.17) is 5.73 Å². The van der Waals surface area contributed by atoms with Crippen LogP contribution in [-0.4, -0.2) is 0 Å². The van der Waals surface area contributed by atoms with Gasteiger partial charge in [-0.2, -0.15) is 11.3 Å². The summed E-state index contributed by atoms with van der Waals surface area (Å²) in [5, 5.41) is 3.94. The highest BCUT2D eigenvalue weighted by Crippen LogP contribution is 2.24. The second kappa shape index (κ2) is 5.77. The molecule has 86 valence electrons. The summed E-state index contributed by atoms with van der Waals surface area (Å²) >= 11 is 4.70. The molecule has 0 saturated heterocycles. The Bertz CT molecular complexity index is 461. The first-order chi connectivity index (χ1) is 7.18. The number of nitrogens with two attached hydrogens (primary N) is 1. The van der Waals surface area contributed by atoms with Crippen LogP contribution < -0.4 is 5.73 Å². The van der Waals surface area contributed by atoms with Crippen LogP contribution >= 0.6 is 39.7 Å². The van der Waals surface area contributed by atoms with Crippen molar-refractivity contribution in [3.63, 3.8) is 0 Å². The van der Waals surface area contributed by atoms with Gasteiger partial charge in [0.1, 0.15) is 5.82 Å². The zero-order chi connectivity index (χ0) is 10.8. The van der Waals surface area contributed by atoms with E-state index in [-0.39, 0.29) is 24.3 Å². The molecule has 1 heterocycles. The van der Waals surface area contributed by atoms with Crippen molar-refractivity contribution in [1.29, 1.82) is 0 Å².